The van der Waals surface area contributed by atoms with Gasteiger partial charge >= 0.3 is 0 Å². The molecular weight excluding hydrogens is 479 g/mol. The summed E-state index contributed by atoms with van der Waals surface area (Å²) in [5, 5.41) is 8.95. The van der Waals surface area contributed by atoms with Crippen LogP contribution in [-0.2, 0) is 6.42 Å². The number of benzene rings is 1. The molecule has 4 heterocycles. The Morgan fingerprint density at radius 2 is 1.97 bits per heavy atom. The number of aryl methyl sites for hydroxylation is 1. The van der Waals surface area contributed by atoms with Gasteiger partial charge in [0.05, 0.1) is 28.5 Å². The van der Waals surface area contributed by atoms with Crippen LogP contribution in [0.25, 0.3) is 52.0 Å². The van der Waals surface area contributed by atoms with Gasteiger partial charge in [0.2, 0.25) is 0 Å². The summed E-state index contributed by atoms with van der Waals surface area (Å²) in [6.07, 6.45) is 12.3. The lowest BCUT2D eigenvalue weighted by molar-refractivity contribution is 0.400. The van der Waals surface area contributed by atoms with E-state index in [1.54, 1.807) is 30.9 Å². The second-order valence-electron chi connectivity index (χ2n) is 9.47. The van der Waals surface area contributed by atoms with Gasteiger partial charge in [0.1, 0.15) is 17.0 Å². The van der Waals surface area contributed by atoms with E-state index >= 15 is 0 Å². The maximum absolute atomic E-state index is 14.6. The van der Waals surface area contributed by atoms with Gasteiger partial charge in [0.25, 0.3) is 0 Å². The molecule has 2 N–H and O–H groups in total. The summed E-state index contributed by atoms with van der Waals surface area (Å²) < 4.78 is 14.6. The Labute approximate surface area is 219 Å². The normalized spacial score (nSPS) is 12.7. The zero-order chi connectivity index (χ0) is 26.6. The van der Waals surface area contributed by atoms with E-state index in [4.69, 9.17) is 4.98 Å². The van der Waals surface area contributed by atoms with E-state index in [9.17, 15) is 4.39 Å². The van der Waals surface area contributed by atoms with Crippen molar-refractivity contribution in [3.8, 4) is 22.8 Å². The van der Waals surface area contributed by atoms with E-state index in [2.05, 4.69) is 41.6 Å². The molecule has 4 aromatic heterocycles. The topological polar surface area (TPSA) is 99.3 Å². The molecule has 5 rings (SSSR count). The Morgan fingerprint density at radius 3 is 2.76 bits per heavy atom. The van der Waals surface area contributed by atoms with Crippen molar-refractivity contribution < 1.29 is 4.39 Å². The second kappa shape index (κ2) is 10.9. The molecule has 0 atom stereocenters. The molecule has 192 valence electrons. The fraction of sp³-hybridized carbons (Fsp3) is 0.207. The number of allylic oxidation sites excluding steroid dienone is 2. The Hall–Kier alpha value is -4.50. The molecule has 9 heteroatoms. The predicted molar refractivity (Wildman–Crippen MR) is 149 cm³/mol. The number of H-pyrrole nitrogens is 2. The fourth-order valence-electron chi connectivity index (χ4n) is 4.30. The first kappa shape index (κ1) is 25.2. The first-order valence-corrected chi connectivity index (χ1v) is 12.4. The lowest BCUT2D eigenvalue weighted by Crippen LogP contribution is -2.21. The summed E-state index contributed by atoms with van der Waals surface area (Å²) in [5.41, 5.74) is 6.06. The quantitative estimate of drug-likeness (QED) is 0.331. The zero-order valence-electron chi connectivity index (χ0n) is 21.7. The first-order valence-electron chi connectivity index (χ1n) is 12.4. The molecule has 0 aliphatic rings. The minimum absolute atomic E-state index is 0.283. The van der Waals surface area contributed by atoms with Gasteiger partial charge in [-0.3, -0.25) is 20.1 Å². The maximum Gasteiger partial charge on any atom is 0.159 e. The van der Waals surface area contributed by atoms with Crippen LogP contribution in [0.5, 0.6) is 0 Å². The number of fused-ring (bicyclic) bond motifs is 1. The molecule has 0 saturated carbocycles. The summed E-state index contributed by atoms with van der Waals surface area (Å²) in [6.45, 7) is 7.12. The lowest BCUT2D eigenvalue weighted by Gasteiger charge is -2.10. The smallest absolute Gasteiger partial charge is 0.159 e. The summed E-state index contributed by atoms with van der Waals surface area (Å²) in [6, 6.07) is 6.94. The Balaban J connectivity index is 1.48. The van der Waals surface area contributed by atoms with Crippen LogP contribution in [0.2, 0.25) is 0 Å². The maximum atomic E-state index is 14.6. The van der Waals surface area contributed by atoms with Crippen LogP contribution in [0.1, 0.15) is 24.6 Å². The van der Waals surface area contributed by atoms with Crippen molar-refractivity contribution in [2.75, 3.05) is 20.6 Å². The Kier molecular flexibility index (Phi) is 7.19. The minimum atomic E-state index is -0.283. The van der Waals surface area contributed by atoms with E-state index in [1.807, 2.05) is 45.3 Å². The van der Waals surface area contributed by atoms with Gasteiger partial charge in [-0.1, -0.05) is 12.7 Å². The number of nitrogens with one attached hydrogen (secondary N) is 2. The SMILES string of the molecule is C=c1c(-c2nc3c(-c4cc(F)cc(CCCN(C)C)c4)nccc3[nH]2)n[nH]/c1=C/C=C(\C)c1cnccn1. The van der Waals surface area contributed by atoms with E-state index < -0.39 is 0 Å². The number of hydrogen-bond acceptors (Lipinski definition) is 6. The minimum Gasteiger partial charge on any atom is -0.336 e. The lowest BCUT2D eigenvalue weighted by atomic mass is 10.0. The molecule has 0 unspecified atom stereocenters. The highest BCUT2D eigenvalue weighted by Gasteiger charge is 2.15. The van der Waals surface area contributed by atoms with Crippen molar-refractivity contribution in [2.45, 2.75) is 19.8 Å². The van der Waals surface area contributed by atoms with Crippen molar-refractivity contribution in [3.05, 3.63) is 82.8 Å². The number of rotatable bonds is 8. The van der Waals surface area contributed by atoms with Crippen LogP contribution >= 0.6 is 0 Å². The largest absolute Gasteiger partial charge is 0.336 e. The van der Waals surface area contributed by atoms with Gasteiger partial charge in [-0.25, -0.2) is 9.37 Å². The van der Waals surface area contributed by atoms with Crippen molar-refractivity contribution >= 4 is 29.3 Å². The number of aromatic amines is 2. The highest BCUT2D eigenvalue weighted by atomic mass is 19.1. The van der Waals surface area contributed by atoms with Gasteiger partial charge in [0.15, 0.2) is 5.82 Å². The van der Waals surface area contributed by atoms with Crippen molar-refractivity contribution in [3.63, 3.8) is 0 Å². The average molecular weight is 509 g/mol. The Morgan fingerprint density at radius 1 is 1.11 bits per heavy atom. The summed E-state index contributed by atoms with van der Waals surface area (Å²) in [7, 11) is 4.07. The molecule has 8 nitrogen and oxygen atoms in total. The fourth-order valence-corrected chi connectivity index (χ4v) is 4.30. The summed E-state index contributed by atoms with van der Waals surface area (Å²) >= 11 is 0. The number of halogens is 1. The number of aromatic nitrogens is 7. The van der Waals surface area contributed by atoms with Gasteiger partial charge in [-0.15, -0.1) is 0 Å². The zero-order valence-corrected chi connectivity index (χ0v) is 21.7. The van der Waals surface area contributed by atoms with Crippen LogP contribution < -0.4 is 10.6 Å². The van der Waals surface area contributed by atoms with Crippen LogP contribution in [0.15, 0.2) is 55.1 Å². The third-order valence-electron chi connectivity index (χ3n) is 6.29. The van der Waals surface area contributed by atoms with Crippen molar-refractivity contribution in [1.29, 1.82) is 0 Å². The molecule has 0 saturated heterocycles. The second-order valence-corrected chi connectivity index (χ2v) is 9.47. The van der Waals surface area contributed by atoms with E-state index in [0.29, 0.717) is 33.5 Å². The molecule has 0 aliphatic carbocycles. The molecule has 1 aromatic carbocycles. The first-order chi connectivity index (χ1) is 18.4. The number of hydrogen-bond donors (Lipinski definition) is 2. The molecule has 0 radical (unpaired) electrons. The van der Waals surface area contributed by atoms with Crippen molar-refractivity contribution in [2.24, 2.45) is 0 Å². The third-order valence-corrected chi connectivity index (χ3v) is 6.29. The number of nitrogens with zero attached hydrogens (tertiary/aromatic N) is 6. The average Bonchev–Trinajstić information content (AvgIpc) is 3.50. The molecule has 0 fully saturated rings. The number of pyridine rings is 1. The molecule has 38 heavy (non-hydrogen) atoms. The molecular formula is C29H29FN8. The molecule has 0 aliphatic heterocycles. The Bertz CT molecular complexity index is 1720. The van der Waals surface area contributed by atoms with Crippen LogP contribution in [-0.4, -0.2) is 60.7 Å². The molecule has 5 aromatic rings. The summed E-state index contributed by atoms with van der Waals surface area (Å²) in [5.74, 6) is 0.279. The van der Waals surface area contributed by atoms with E-state index in [0.717, 1.165) is 47.1 Å². The standard InChI is InChI=1S/C29H29FN8/c1-18(25-17-31-11-12-32-25)7-8-23-19(2)26(37-36-23)29-34-24-9-10-33-27(28(24)35-29)21-14-20(15-22(30)16-21)6-5-13-38(3)4/h7-12,14-17,36H,2,5-6,13H2,1,3-4H3,(H,34,35)/b18-7+,23-8+. The van der Waals surface area contributed by atoms with Gasteiger partial charge in [-0.05, 0) is 81.9 Å². The van der Waals surface area contributed by atoms with Gasteiger partial charge in [-0.2, -0.15) is 5.10 Å². The predicted octanol–water partition coefficient (Wildman–Crippen LogP) is 3.73. The van der Waals surface area contributed by atoms with E-state index in [-0.39, 0.29) is 5.82 Å². The summed E-state index contributed by atoms with van der Waals surface area (Å²) in [4.78, 5) is 23.2. The van der Waals surface area contributed by atoms with Gasteiger partial charge in [0, 0.05) is 29.4 Å². The van der Waals surface area contributed by atoms with Crippen molar-refractivity contribution in [1.82, 2.24) is 40.0 Å². The highest BCUT2D eigenvalue weighted by Crippen LogP contribution is 2.28. The van der Waals surface area contributed by atoms with E-state index in [1.165, 1.54) is 6.07 Å². The molecule has 0 amide bonds. The van der Waals surface area contributed by atoms with Crippen LogP contribution in [0, 0.1) is 5.82 Å². The highest BCUT2D eigenvalue weighted by molar-refractivity contribution is 5.91. The molecule has 0 bridgehead atoms. The van der Waals surface area contributed by atoms with Gasteiger partial charge < -0.3 is 9.88 Å². The molecule has 0 spiro atoms. The monoisotopic (exact) mass is 508 g/mol. The third kappa shape index (κ3) is 5.42. The van der Waals surface area contributed by atoms with Crippen LogP contribution in [0.3, 0.4) is 0 Å². The van der Waals surface area contributed by atoms with Crippen LogP contribution in [0.4, 0.5) is 4.39 Å². The number of imidazole rings is 1.